The van der Waals surface area contributed by atoms with Crippen molar-refractivity contribution in [2.45, 2.75) is 0 Å². The van der Waals surface area contributed by atoms with E-state index in [1.807, 2.05) is 0 Å². The van der Waals surface area contributed by atoms with Crippen molar-refractivity contribution in [1.29, 1.82) is 0 Å². The van der Waals surface area contributed by atoms with Gasteiger partial charge >= 0.3 is 5.97 Å². The molecule has 0 fully saturated rings. The van der Waals surface area contributed by atoms with Gasteiger partial charge in [0.15, 0.2) is 0 Å². The first kappa shape index (κ1) is 14.4. The van der Waals surface area contributed by atoms with Crippen LogP contribution in [0.5, 0.6) is 0 Å². The van der Waals surface area contributed by atoms with Crippen LogP contribution < -0.4 is 5.43 Å². The Balaban J connectivity index is 1.95. The number of hydrazone groups is 1. The van der Waals surface area contributed by atoms with Crippen LogP contribution in [0.1, 0.15) is 26.3 Å². The molecular formula is C15H13N3O3. The summed E-state index contributed by atoms with van der Waals surface area (Å²) in [4.78, 5) is 26.8. The number of methoxy groups -OCH3 is 1. The van der Waals surface area contributed by atoms with Crippen LogP contribution in [0.25, 0.3) is 0 Å². The summed E-state index contributed by atoms with van der Waals surface area (Å²) in [6.07, 6.45) is 4.55. The van der Waals surface area contributed by atoms with E-state index in [0.29, 0.717) is 11.1 Å². The largest absolute Gasteiger partial charge is 0.465 e. The first-order chi connectivity index (χ1) is 10.2. The molecule has 0 saturated heterocycles. The van der Waals surface area contributed by atoms with Gasteiger partial charge in [0.1, 0.15) is 0 Å². The van der Waals surface area contributed by atoms with Gasteiger partial charge in [-0.25, -0.2) is 10.2 Å². The van der Waals surface area contributed by atoms with E-state index in [1.54, 1.807) is 36.4 Å². The lowest BCUT2D eigenvalue weighted by molar-refractivity contribution is 0.0600. The number of esters is 1. The molecule has 0 atom stereocenters. The van der Waals surface area contributed by atoms with Crippen molar-refractivity contribution >= 4 is 18.1 Å². The molecule has 6 nitrogen and oxygen atoms in total. The zero-order valence-electron chi connectivity index (χ0n) is 11.3. The number of rotatable bonds is 4. The number of nitrogens with zero attached hydrogens (tertiary/aromatic N) is 2. The molecule has 1 aromatic carbocycles. The monoisotopic (exact) mass is 283 g/mol. The van der Waals surface area contributed by atoms with Crippen LogP contribution in [0, 0.1) is 0 Å². The van der Waals surface area contributed by atoms with E-state index in [0.717, 1.165) is 5.56 Å². The lowest BCUT2D eigenvalue weighted by Crippen LogP contribution is -2.17. The first-order valence-corrected chi connectivity index (χ1v) is 6.12. The van der Waals surface area contributed by atoms with Crippen LogP contribution in [-0.4, -0.2) is 30.2 Å². The number of ether oxygens (including phenoxy) is 1. The van der Waals surface area contributed by atoms with Crippen molar-refractivity contribution in [1.82, 2.24) is 10.4 Å². The molecule has 0 aliphatic carbocycles. The number of hydrogen-bond donors (Lipinski definition) is 1. The average molecular weight is 283 g/mol. The topological polar surface area (TPSA) is 80.6 Å². The van der Waals surface area contributed by atoms with E-state index >= 15 is 0 Å². The van der Waals surface area contributed by atoms with Gasteiger partial charge in [-0.15, -0.1) is 0 Å². The second kappa shape index (κ2) is 6.95. The molecule has 0 saturated carbocycles. The maximum atomic E-state index is 11.7. The van der Waals surface area contributed by atoms with Gasteiger partial charge in [-0.05, 0) is 29.8 Å². The van der Waals surface area contributed by atoms with Gasteiger partial charge in [-0.3, -0.25) is 9.78 Å². The maximum absolute atomic E-state index is 11.7. The molecule has 0 radical (unpaired) electrons. The van der Waals surface area contributed by atoms with E-state index in [4.69, 9.17) is 0 Å². The van der Waals surface area contributed by atoms with Crippen LogP contribution in [0.2, 0.25) is 0 Å². The van der Waals surface area contributed by atoms with Crippen LogP contribution in [0.4, 0.5) is 0 Å². The molecule has 6 heteroatoms. The van der Waals surface area contributed by atoms with E-state index in [9.17, 15) is 9.59 Å². The van der Waals surface area contributed by atoms with Gasteiger partial charge in [0.25, 0.3) is 5.91 Å². The van der Waals surface area contributed by atoms with Gasteiger partial charge in [-0.1, -0.05) is 12.1 Å². The van der Waals surface area contributed by atoms with E-state index in [-0.39, 0.29) is 5.91 Å². The highest BCUT2D eigenvalue weighted by molar-refractivity contribution is 5.95. The lowest BCUT2D eigenvalue weighted by Gasteiger charge is -2.00. The minimum atomic E-state index is -0.399. The average Bonchev–Trinajstić information content (AvgIpc) is 2.55. The summed E-state index contributed by atoms with van der Waals surface area (Å²) in [6, 6.07) is 9.84. The molecule has 2 rings (SSSR count). The Morgan fingerprint density at radius 2 is 1.76 bits per heavy atom. The van der Waals surface area contributed by atoms with Crippen molar-refractivity contribution < 1.29 is 14.3 Å². The van der Waals surface area contributed by atoms with Crippen LogP contribution in [0.3, 0.4) is 0 Å². The van der Waals surface area contributed by atoms with Crippen molar-refractivity contribution in [3.63, 3.8) is 0 Å². The molecule has 0 spiro atoms. The summed E-state index contributed by atoms with van der Waals surface area (Å²) in [5.74, 6) is -0.718. The van der Waals surface area contributed by atoms with Gasteiger partial charge < -0.3 is 4.74 Å². The standard InChI is InChI=1S/C15H13N3O3/c1-21-15(20)13-4-2-11(3-5-13)10-17-18-14(19)12-6-8-16-9-7-12/h2-10H,1H3,(H,18,19)/b17-10-. The molecule has 0 aliphatic rings. The van der Waals surface area contributed by atoms with Gasteiger partial charge in [0.2, 0.25) is 0 Å². The summed E-state index contributed by atoms with van der Waals surface area (Å²) in [7, 11) is 1.33. The summed E-state index contributed by atoms with van der Waals surface area (Å²) in [5.41, 5.74) is 4.08. The fourth-order valence-corrected chi connectivity index (χ4v) is 1.56. The number of amides is 1. The minimum absolute atomic E-state index is 0.320. The van der Waals surface area contributed by atoms with Crippen molar-refractivity contribution in [2.75, 3.05) is 7.11 Å². The Hall–Kier alpha value is -3.02. The third-order valence-electron chi connectivity index (χ3n) is 2.65. The fourth-order valence-electron chi connectivity index (χ4n) is 1.56. The zero-order valence-corrected chi connectivity index (χ0v) is 11.3. The molecule has 1 amide bonds. The fraction of sp³-hybridized carbons (Fsp3) is 0.0667. The quantitative estimate of drug-likeness (QED) is 0.525. The summed E-state index contributed by atoms with van der Waals surface area (Å²) in [5, 5.41) is 3.85. The molecule has 1 aromatic heterocycles. The zero-order chi connectivity index (χ0) is 15.1. The summed E-state index contributed by atoms with van der Waals surface area (Å²) in [6.45, 7) is 0. The Morgan fingerprint density at radius 3 is 2.38 bits per heavy atom. The predicted molar refractivity (Wildman–Crippen MR) is 77.1 cm³/mol. The highest BCUT2D eigenvalue weighted by Gasteiger charge is 2.04. The Morgan fingerprint density at radius 1 is 1.10 bits per heavy atom. The van der Waals surface area contributed by atoms with Crippen molar-refractivity contribution in [3.8, 4) is 0 Å². The number of hydrogen-bond acceptors (Lipinski definition) is 5. The molecule has 106 valence electrons. The summed E-state index contributed by atoms with van der Waals surface area (Å²) >= 11 is 0. The highest BCUT2D eigenvalue weighted by Crippen LogP contribution is 2.04. The van der Waals surface area contributed by atoms with E-state index in [1.165, 1.54) is 25.7 Å². The highest BCUT2D eigenvalue weighted by atomic mass is 16.5. The van der Waals surface area contributed by atoms with Gasteiger partial charge in [0, 0.05) is 18.0 Å². The van der Waals surface area contributed by atoms with Crippen LogP contribution in [0.15, 0.2) is 53.9 Å². The number of benzene rings is 1. The van der Waals surface area contributed by atoms with Gasteiger partial charge in [-0.2, -0.15) is 5.10 Å². The molecule has 1 heterocycles. The van der Waals surface area contributed by atoms with E-state index in [2.05, 4.69) is 20.2 Å². The lowest BCUT2D eigenvalue weighted by atomic mass is 10.1. The first-order valence-electron chi connectivity index (χ1n) is 6.12. The number of carbonyl (C=O) groups is 2. The minimum Gasteiger partial charge on any atom is -0.465 e. The van der Waals surface area contributed by atoms with E-state index < -0.39 is 5.97 Å². The molecular weight excluding hydrogens is 270 g/mol. The molecule has 1 N–H and O–H groups in total. The Bertz CT molecular complexity index is 652. The number of pyridine rings is 1. The third-order valence-corrected chi connectivity index (χ3v) is 2.65. The second-order valence-corrected chi connectivity index (χ2v) is 4.05. The van der Waals surface area contributed by atoms with Crippen LogP contribution >= 0.6 is 0 Å². The number of nitrogens with one attached hydrogen (secondary N) is 1. The smallest absolute Gasteiger partial charge is 0.337 e. The summed E-state index contributed by atoms with van der Waals surface area (Å²) < 4.78 is 4.60. The van der Waals surface area contributed by atoms with Crippen molar-refractivity contribution in [2.24, 2.45) is 5.10 Å². The molecule has 0 unspecified atom stereocenters. The third kappa shape index (κ3) is 3.97. The number of carbonyl (C=O) groups excluding carboxylic acids is 2. The molecule has 2 aromatic rings. The predicted octanol–water partition coefficient (Wildman–Crippen LogP) is 1.63. The Kier molecular flexibility index (Phi) is 4.76. The second-order valence-electron chi connectivity index (χ2n) is 4.05. The molecule has 0 aliphatic heterocycles. The Labute approximate surface area is 121 Å². The maximum Gasteiger partial charge on any atom is 0.337 e. The normalized spacial score (nSPS) is 10.3. The van der Waals surface area contributed by atoms with Crippen molar-refractivity contribution in [3.05, 3.63) is 65.5 Å². The SMILES string of the molecule is COC(=O)c1ccc(/C=N\NC(=O)c2ccncc2)cc1. The number of aromatic nitrogens is 1. The molecule has 21 heavy (non-hydrogen) atoms. The molecule has 0 bridgehead atoms. The van der Waals surface area contributed by atoms with Crippen LogP contribution in [-0.2, 0) is 4.74 Å². The van der Waals surface area contributed by atoms with Gasteiger partial charge in [0.05, 0.1) is 18.9 Å².